The lowest BCUT2D eigenvalue weighted by molar-refractivity contribution is 0.0954. The molecule has 3 aromatic rings. The van der Waals surface area contributed by atoms with E-state index in [9.17, 15) is 9.18 Å². The summed E-state index contributed by atoms with van der Waals surface area (Å²) >= 11 is 6.93. The monoisotopic (exact) mass is 604 g/mol. The van der Waals surface area contributed by atoms with Gasteiger partial charge in [0.15, 0.2) is 11.5 Å². The van der Waals surface area contributed by atoms with Gasteiger partial charge in [-0.2, -0.15) is 5.10 Å². The minimum absolute atomic E-state index is 0.0779. The van der Waals surface area contributed by atoms with Gasteiger partial charge < -0.3 is 14.2 Å². The van der Waals surface area contributed by atoms with Crippen molar-refractivity contribution in [2.75, 3.05) is 13.2 Å². The number of benzene rings is 3. The van der Waals surface area contributed by atoms with Crippen molar-refractivity contribution in [1.29, 1.82) is 0 Å². The summed E-state index contributed by atoms with van der Waals surface area (Å²) in [5, 5.41) is 4.04. The maximum absolute atomic E-state index is 13.8. The van der Waals surface area contributed by atoms with Crippen molar-refractivity contribution in [2.24, 2.45) is 5.10 Å². The first-order valence-electron chi connectivity index (χ1n) is 10.6. The smallest absolute Gasteiger partial charge is 0.271 e. The Morgan fingerprint density at radius 1 is 1.06 bits per heavy atom. The van der Waals surface area contributed by atoms with Crippen LogP contribution in [0.15, 0.2) is 81.3 Å². The van der Waals surface area contributed by atoms with E-state index in [1.165, 1.54) is 12.3 Å². The zero-order chi connectivity index (χ0) is 25.2. The van der Waals surface area contributed by atoms with Crippen molar-refractivity contribution >= 4 is 44.0 Å². The lowest BCUT2D eigenvalue weighted by atomic mass is 10.2. The van der Waals surface area contributed by atoms with Crippen molar-refractivity contribution in [2.45, 2.75) is 13.5 Å². The zero-order valence-electron chi connectivity index (χ0n) is 18.9. The normalized spacial score (nSPS) is 10.7. The van der Waals surface area contributed by atoms with Crippen LogP contribution in [-0.4, -0.2) is 25.3 Å². The molecular weight excluding hydrogens is 583 g/mol. The average Bonchev–Trinajstić information content (AvgIpc) is 2.84. The predicted molar refractivity (Wildman–Crippen MR) is 141 cm³/mol. The number of nitrogens with zero attached hydrogens (tertiary/aromatic N) is 1. The molecule has 1 N–H and O–H groups in total. The molecule has 0 aliphatic heterocycles. The Kier molecular flexibility index (Phi) is 9.86. The highest BCUT2D eigenvalue weighted by Gasteiger charge is 2.12. The Morgan fingerprint density at radius 2 is 1.80 bits per heavy atom. The second-order valence-corrected chi connectivity index (χ2v) is 8.80. The predicted octanol–water partition coefficient (Wildman–Crippen LogP) is 6.66. The van der Waals surface area contributed by atoms with E-state index >= 15 is 0 Å². The maximum Gasteiger partial charge on any atom is 0.271 e. The second kappa shape index (κ2) is 13.1. The molecule has 0 aliphatic rings. The highest BCUT2D eigenvalue weighted by molar-refractivity contribution is 9.11. The molecule has 35 heavy (non-hydrogen) atoms. The minimum atomic E-state index is -0.402. The number of hydrogen-bond donors (Lipinski definition) is 1. The van der Waals surface area contributed by atoms with Crippen LogP contribution in [0.4, 0.5) is 4.39 Å². The quantitative estimate of drug-likeness (QED) is 0.151. The van der Waals surface area contributed by atoms with Crippen molar-refractivity contribution < 1.29 is 23.4 Å². The van der Waals surface area contributed by atoms with Crippen LogP contribution in [0.2, 0.25) is 0 Å². The van der Waals surface area contributed by atoms with Gasteiger partial charge in [-0.25, -0.2) is 9.82 Å². The van der Waals surface area contributed by atoms with Crippen LogP contribution in [0, 0.1) is 5.82 Å². The van der Waals surface area contributed by atoms with Crippen LogP contribution in [0.5, 0.6) is 17.2 Å². The molecule has 6 nitrogen and oxygen atoms in total. The van der Waals surface area contributed by atoms with Gasteiger partial charge in [0.05, 0.1) is 21.8 Å². The minimum Gasteiger partial charge on any atom is -0.490 e. The fourth-order valence-corrected chi connectivity index (χ4v) is 4.42. The highest BCUT2D eigenvalue weighted by atomic mass is 79.9. The number of halogens is 3. The molecule has 0 heterocycles. The molecule has 0 saturated carbocycles. The number of carbonyl (C=O) groups is 1. The molecule has 0 saturated heterocycles. The van der Waals surface area contributed by atoms with Gasteiger partial charge in [0, 0.05) is 11.1 Å². The fraction of sp³-hybridized carbons (Fsp3) is 0.154. The summed E-state index contributed by atoms with van der Waals surface area (Å²) in [7, 11) is 0. The van der Waals surface area contributed by atoms with Gasteiger partial charge >= 0.3 is 0 Å². The van der Waals surface area contributed by atoms with Crippen LogP contribution >= 0.6 is 31.9 Å². The third-order valence-corrected chi connectivity index (χ3v) is 5.77. The van der Waals surface area contributed by atoms with E-state index < -0.39 is 5.91 Å². The Balaban J connectivity index is 1.65. The van der Waals surface area contributed by atoms with E-state index in [1.807, 2.05) is 6.92 Å². The molecule has 0 bridgehead atoms. The Morgan fingerprint density at radius 3 is 2.49 bits per heavy atom. The van der Waals surface area contributed by atoms with Crippen LogP contribution in [0.1, 0.15) is 28.4 Å². The Bertz CT molecular complexity index is 1210. The third-order valence-electron chi connectivity index (χ3n) is 4.59. The summed E-state index contributed by atoms with van der Waals surface area (Å²) in [6.07, 6.45) is 3.13. The van der Waals surface area contributed by atoms with E-state index in [0.29, 0.717) is 56.1 Å². The van der Waals surface area contributed by atoms with Crippen molar-refractivity contribution in [1.82, 2.24) is 5.43 Å². The summed E-state index contributed by atoms with van der Waals surface area (Å²) in [6, 6.07) is 14.9. The van der Waals surface area contributed by atoms with E-state index in [2.05, 4.69) is 49.0 Å². The van der Waals surface area contributed by atoms with E-state index in [1.54, 1.807) is 54.6 Å². The summed E-state index contributed by atoms with van der Waals surface area (Å²) in [5.74, 6) is 0.785. The van der Waals surface area contributed by atoms with Crippen molar-refractivity contribution in [3.63, 3.8) is 0 Å². The van der Waals surface area contributed by atoms with Gasteiger partial charge in [-0.15, -0.1) is 0 Å². The number of ether oxygens (including phenoxy) is 3. The van der Waals surface area contributed by atoms with Gasteiger partial charge in [-0.1, -0.05) is 30.9 Å². The van der Waals surface area contributed by atoms with E-state index in [-0.39, 0.29) is 12.4 Å². The largest absolute Gasteiger partial charge is 0.490 e. The third kappa shape index (κ3) is 7.40. The molecule has 0 atom stereocenters. The second-order valence-electron chi connectivity index (χ2n) is 7.09. The van der Waals surface area contributed by atoms with Crippen molar-refractivity contribution in [3.05, 3.63) is 98.7 Å². The van der Waals surface area contributed by atoms with Crippen molar-refractivity contribution in [3.8, 4) is 17.2 Å². The number of rotatable bonds is 11. The standard InChI is InChI=1S/C26H23Br2FN2O4/c1-3-11-34-23-10-9-18(14-24(23)33-4-2)26(32)31-30-15-17-12-20(27)25(21(28)13-17)35-16-19-7-5-6-8-22(19)29/h3,5-10,12-15H,1,4,11,16H2,2H3,(H,31,32)/b30-15+. The molecule has 0 aliphatic carbocycles. The summed E-state index contributed by atoms with van der Waals surface area (Å²) in [6.45, 7) is 6.31. The van der Waals surface area contributed by atoms with Gasteiger partial charge in [0.2, 0.25) is 0 Å². The first kappa shape index (κ1) is 26.4. The number of nitrogens with one attached hydrogen (secondary N) is 1. The molecule has 1 amide bonds. The number of amides is 1. The SMILES string of the molecule is C=CCOc1ccc(C(=O)N/N=C/c2cc(Br)c(OCc3ccccc3F)c(Br)c2)cc1OCC. The van der Waals surface area contributed by atoms with Crippen LogP contribution in [0.3, 0.4) is 0 Å². The molecule has 182 valence electrons. The topological polar surface area (TPSA) is 69.2 Å². The Hall–Kier alpha value is -3.17. The number of carbonyl (C=O) groups excluding carboxylic acids is 1. The lowest BCUT2D eigenvalue weighted by Gasteiger charge is -2.12. The zero-order valence-corrected chi connectivity index (χ0v) is 22.1. The molecular formula is C26H23Br2FN2O4. The van der Waals surface area contributed by atoms with Gasteiger partial charge in [0.25, 0.3) is 5.91 Å². The molecule has 0 spiro atoms. The molecule has 0 radical (unpaired) electrons. The summed E-state index contributed by atoms with van der Waals surface area (Å²) in [4.78, 5) is 12.5. The van der Waals surface area contributed by atoms with Gasteiger partial charge in [-0.05, 0) is 80.7 Å². The van der Waals surface area contributed by atoms with Crippen LogP contribution < -0.4 is 19.6 Å². The first-order chi connectivity index (χ1) is 16.9. The average molecular weight is 606 g/mol. The molecule has 3 rings (SSSR count). The molecule has 0 fully saturated rings. The first-order valence-corrected chi connectivity index (χ1v) is 12.2. The Labute approximate surface area is 220 Å². The lowest BCUT2D eigenvalue weighted by Crippen LogP contribution is -2.17. The molecule has 0 unspecified atom stereocenters. The number of hydrogen-bond acceptors (Lipinski definition) is 5. The van der Waals surface area contributed by atoms with Gasteiger partial charge in [0.1, 0.15) is 24.8 Å². The number of hydrazone groups is 1. The van der Waals surface area contributed by atoms with Crippen LogP contribution in [0.25, 0.3) is 0 Å². The highest BCUT2D eigenvalue weighted by Crippen LogP contribution is 2.35. The fourth-order valence-electron chi connectivity index (χ4n) is 2.97. The van der Waals surface area contributed by atoms with E-state index in [0.717, 1.165) is 0 Å². The maximum atomic E-state index is 13.8. The van der Waals surface area contributed by atoms with Gasteiger partial charge in [-0.3, -0.25) is 4.79 Å². The molecule has 3 aromatic carbocycles. The van der Waals surface area contributed by atoms with E-state index in [4.69, 9.17) is 14.2 Å². The summed E-state index contributed by atoms with van der Waals surface area (Å²) in [5.41, 5.74) is 4.02. The van der Waals surface area contributed by atoms with Crippen LogP contribution in [-0.2, 0) is 6.61 Å². The molecule has 0 aromatic heterocycles. The molecule has 9 heteroatoms. The summed E-state index contributed by atoms with van der Waals surface area (Å²) < 4.78 is 32.0.